The van der Waals surface area contributed by atoms with Gasteiger partial charge in [0.05, 0.1) is 16.9 Å². The molecule has 1 amide bonds. The second-order valence-corrected chi connectivity index (χ2v) is 9.43. The van der Waals surface area contributed by atoms with E-state index >= 15 is 0 Å². The molecule has 0 saturated heterocycles. The first-order valence-electron chi connectivity index (χ1n) is 8.96. The Morgan fingerprint density at radius 1 is 1.16 bits per heavy atom. The van der Waals surface area contributed by atoms with Crippen LogP contribution in [0.5, 0.6) is 0 Å². The van der Waals surface area contributed by atoms with E-state index in [0.29, 0.717) is 31.0 Å². The van der Waals surface area contributed by atoms with Crippen LogP contribution in [0.1, 0.15) is 36.8 Å². The highest BCUT2D eigenvalue weighted by Crippen LogP contribution is 2.40. The van der Waals surface area contributed by atoms with E-state index in [4.69, 9.17) is 4.74 Å². The number of rotatable bonds is 4. The number of hydrogen-bond acceptors (Lipinski definition) is 4. The number of sulfone groups is 1. The molecule has 5 nitrogen and oxygen atoms in total. The number of ether oxygens (including phenoxy) is 1. The zero-order chi connectivity index (χ0) is 18.1. The van der Waals surface area contributed by atoms with E-state index in [-0.39, 0.29) is 11.3 Å². The van der Waals surface area contributed by atoms with E-state index in [0.717, 1.165) is 43.2 Å². The molecule has 0 bridgehead atoms. The Bertz CT molecular complexity index is 751. The number of hydrogen-bond donors (Lipinski definition) is 0. The summed E-state index contributed by atoms with van der Waals surface area (Å²) in [5, 5.41) is 0. The average molecular weight is 365 g/mol. The van der Waals surface area contributed by atoms with Crippen molar-refractivity contribution in [1.82, 2.24) is 4.90 Å². The maximum Gasteiger partial charge on any atom is 0.231 e. The number of benzene rings is 1. The van der Waals surface area contributed by atoms with E-state index < -0.39 is 9.84 Å². The number of carbonyl (C=O) groups excluding carboxylic acids is 1. The summed E-state index contributed by atoms with van der Waals surface area (Å²) in [6, 6.07) is 5.36. The maximum absolute atomic E-state index is 13.2. The van der Waals surface area contributed by atoms with Gasteiger partial charge in [0.1, 0.15) is 0 Å². The van der Waals surface area contributed by atoms with Crippen molar-refractivity contribution in [2.45, 2.75) is 43.4 Å². The Hall–Kier alpha value is -1.40. The maximum atomic E-state index is 13.2. The molecule has 25 heavy (non-hydrogen) atoms. The molecule has 0 spiro atoms. The van der Waals surface area contributed by atoms with Crippen LogP contribution in [0, 0.1) is 5.41 Å². The van der Waals surface area contributed by atoms with Crippen LogP contribution >= 0.6 is 0 Å². The van der Waals surface area contributed by atoms with Gasteiger partial charge < -0.3 is 9.64 Å². The molecule has 0 aromatic heterocycles. The van der Waals surface area contributed by atoms with Crippen molar-refractivity contribution in [1.29, 1.82) is 0 Å². The van der Waals surface area contributed by atoms with Gasteiger partial charge in [0.15, 0.2) is 9.84 Å². The van der Waals surface area contributed by atoms with Crippen molar-refractivity contribution in [2.24, 2.45) is 5.41 Å². The number of nitrogens with zero attached hydrogens (tertiary/aromatic N) is 1. The Labute approximate surface area is 150 Å². The fraction of sp³-hybridized carbons (Fsp3) is 0.632. The Balaban J connectivity index is 1.78. The van der Waals surface area contributed by atoms with Crippen LogP contribution in [-0.2, 0) is 32.2 Å². The summed E-state index contributed by atoms with van der Waals surface area (Å²) >= 11 is 0. The van der Waals surface area contributed by atoms with Crippen molar-refractivity contribution in [3.63, 3.8) is 0 Å². The van der Waals surface area contributed by atoms with Gasteiger partial charge in [-0.25, -0.2) is 8.42 Å². The number of methoxy groups -OCH3 is 1. The standard InChI is InChI=1S/C19H27NO4S/c1-24-14-19(9-3-4-10-19)18(21)20-11-7-15-5-6-17(25(2,22)23)13-16(15)8-12-20/h5-6,13H,3-4,7-12,14H2,1-2H3. The first-order chi connectivity index (χ1) is 11.9. The lowest BCUT2D eigenvalue weighted by molar-refractivity contribution is -0.145. The lowest BCUT2D eigenvalue weighted by atomic mass is 9.85. The molecule has 0 radical (unpaired) electrons. The van der Waals surface area contributed by atoms with E-state index in [1.807, 2.05) is 11.0 Å². The summed E-state index contributed by atoms with van der Waals surface area (Å²) in [5.41, 5.74) is 1.84. The molecule has 1 heterocycles. The highest BCUT2D eigenvalue weighted by molar-refractivity contribution is 7.90. The van der Waals surface area contributed by atoms with Gasteiger partial charge in [0.2, 0.25) is 5.91 Å². The molecule has 2 aliphatic rings. The van der Waals surface area contributed by atoms with E-state index in [2.05, 4.69) is 0 Å². The molecule has 1 aliphatic carbocycles. The minimum absolute atomic E-state index is 0.211. The summed E-state index contributed by atoms with van der Waals surface area (Å²) in [6.45, 7) is 1.83. The third-order valence-corrected chi connectivity index (χ3v) is 6.74. The third kappa shape index (κ3) is 3.75. The summed E-state index contributed by atoms with van der Waals surface area (Å²) in [7, 11) is -1.54. The quantitative estimate of drug-likeness (QED) is 0.821. The zero-order valence-corrected chi connectivity index (χ0v) is 15.9. The monoisotopic (exact) mass is 365 g/mol. The molecule has 138 valence electrons. The van der Waals surface area contributed by atoms with Crippen molar-refractivity contribution in [3.05, 3.63) is 29.3 Å². The van der Waals surface area contributed by atoms with Gasteiger partial charge >= 0.3 is 0 Å². The van der Waals surface area contributed by atoms with E-state index in [1.165, 1.54) is 6.26 Å². The number of fused-ring (bicyclic) bond motifs is 1. The topological polar surface area (TPSA) is 63.7 Å². The lowest BCUT2D eigenvalue weighted by Crippen LogP contribution is -2.46. The van der Waals surface area contributed by atoms with Gasteiger partial charge in [-0.3, -0.25) is 4.79 Å². The summed E-state index contributed by atoms with van der Waals surface area (Å²) < 4.78 is 28.9. The van der Waals surface area contributed by atoms with Crippen LogP contribution in [0.3, 0.4) is 0 Å². The lowest BCUT2D eigenvalue weighted by Gasteiger charge is -2.33. The average Bonchev–Trinajstić information content (AvgIpc) is 2.94. The van der Waals surface area contributed by atoms with Gasteiger partial charge in [-0.15, -0.1) is 0 Å². The van der Waals surface area contributed by atoms with Crippen LogP contribution < -0.4 is 0 Å². The van der Waals surface area contributed by atoms with Gasteiger partial charge in [-0.1, -0.05) is 18.9 Å². The minimum Gasteiger partial charge on any atom is -0.384 e. The Morgan fingerprint density at radius 3 is 2.40 bits per heavy atom. The highest BCUT2D eigenvalue weighted by Gasteiger charge is 2.43. The second-order valence-electron chi connectivity index (χ2n) is 7.42. The van der Waals surface area contributed by atoms with E-state index in [1.54, 1.807) is 19.2 Å². The highest BCUT2D eigenvalue weighted by atomic mass is 32.2. The fourth-order valence-electron chi connectivity index (χ4n) is 4.22. The smallest absolute Gasteiger partial charge is 0.231 e. The normalized spacial score (nSPS) is 20.2. The first-order valence-corrected chi connectivity index (χ1v) is 10.9. The molecule has 0 N–H and O–H groups in total. The van der Waals surface area contributed by atoms with Gasteiger partial charge in [0, 0.05) is 26.5 Å². The van der Waals surface area contributed by atoms with Crippen molar-refractivity contribution in [3.8, 4) is 0 Å². The SMILES string of the molecule is COCC1(C(=O)N2CCc3ccc(S(C)(=O)=O)cc3CC2)CCCC1. The summed E-state index contributed by atoms with van der Waals surface area (Å²) in [5.74, 6) is 0.211. The molecule has 0 atom stereocenters. The molecule has 1 aromatic carbocycles. The largest absolute Gasteiger partial charge is 0.384 e. The molecular weight excluding hydrogens is 338 g/mol. The van der Waals surface area contributed by atoms with Crippen LogP contribution in [0.25, 0.3) is 0 Å². The summed E-state index contributed by atoms with van der Waals surface area (Å²) in [4.78, 5) is 15.5. The Kier molecular flexibility index (Phi) is 5.21. The molecule has 3 rings (SSSR count). The predicted molar refractivity (Wildman–Crippen MR) is 96.3 cm³/mol. The van der Waals surface area contributed by atoms with Crippen molar-refractivity contribution < 1.29 is 17.9 Å². The van der Waals surface area contributed by atoms with E-state index in [9.17, 15) is 13.2 Å². The zero-order valence-electron chi connectivity index (χ0n) is 15.1. The first kappa shape index (κ1) is 18.4. The number of carbonyl (C=O) groups is 1. The van der Waals surface area contributed by atoms with Gasteiger partial charge in [0.25, 0.3) is 0 Å². The van der Waals surface area contributed by atoms with Crippen molar-refractivity contribution >= 4 is 15.7 Å². The van der Waals surface area contributed by atoms with Crippen LogP contribution in [0.2, 0.25) is 0 Å². The summed E-state index contributed by atoms with van der Waals surface area (Å²) in [6.07, 6.45) is 6.68. The molecule has 1 saturated carbocycles. The molecular formula is C19H27NO4S. The Morgan fingerprint density at radius 2 is 1.80 bits per heavy atom. The molecule has 0 unspecified atom stereocenters. The van der Waals surface area contributed by atoms with Gasteiger partial charge in [-0.05, 0) is 48.9 Å². The fourth-order valence-corrected chi connectivity index (χ4v) is 4.89. The predicted octanol–water partition coefficient (Wildman–Crippen LogP) is 2.22. The van der Waals surface area contributed by atoms with Crippen LogP contribution in [-0.4, -0.2) is 52.3 Å². The van der Waals surface area contributed by atoms with Crippen molar-refractivity contribution in [2.75, 3.05) is 33.1 Å². The van der Waals surface area contributed by atoms with Crippen LogP contribution in [0.4, 0.5) is 0 Å². The molecule has 1 fully saturated rings. The molecule has 6 heteroatoms. The van der Waals surface area contributed by atoms with Gasteiger partial charge in [-0.2, -0.15) is 0 Å². The third-order valence-electron chi connectivity index (χ3n) is 5.63. The number of amides is 1. The molecule has 1 aliphatic heterocycles. The second kappa shape index (κ2) is 7.08. The van der Waals surface area contributed by atoms with Crippen LogP contribution in [0.15, 0.2) is 23.1 Å². The minimum atomic E-state index is -3.21. The molecule has 1 aromatic rings.